The first-order valence-electron chi connectivity index (χ1n) is 6.94. The Balaban J connectivity index is 2.07. The molecule has 0 aliphatic carbocycles. The van der Waals surface area contributed by atoms with Crippen molar-refractivity contribution in [3.05, 3.63) is 60.7 Å². The third-order valence-electron chi connectivity index (χ3n) is 3.17. The molecule has 3 aromatic rings. The second kappa shape index (κ2) is 6.94. The largest absolute Gasteiger partial charge is 0.359 e. The maximum Gasteiger partial charge on any atom is 0.359 e. The summed E-state index contributed by atoms with van der Waals surface area (Å²) in [5.74, 6) is 0. The van der Waals surface area contributed by atoms with Crippen molar-refractivity contribution in [2.75, 3.05) is 0 Å². The van der Waals surface area contributed by atoms with E-state index in [4.69, 9.17) is 0 Å². The molecule has 0 saturated heterocycles. The van der Waals surface area contributed by atoms with Gasteiger partial charge in [-0.15, -0.1) is 11.3 Å². The SMILES string of the molecule is FC(F)C(F)(F)Sc1nc(-c2ccccc2)c(-c2ccccc2)s1. The lowest BCUT2D eigenvalue weighted by Crippen LogP contribution is -2.21. The van der Waals surface area contributed by atoms with Crippen molar-refractivity contribution < 1.29 is 17.6 Å². The highest BCUT2D eigenvalue weighted by Crippen LogP contribution is 2.46. The van der Waals surface area contributed by atoms with E-state index in [2.05, 4.69) is 4.98 Å². The normalized spacial score (nSPS) is 11.9. The molecule has 0 N–H and O–H groups in total. The quantitative estimate of drug-likeness (QED) is 0.380. The van der Waals surface area contributed by atoms with Gasteiger partial charge < -0.3 is 0 Å². The molecular formula is C17H11F4NS2. The smallest absolute Gasteiger partial charge is 0.229 e. The summed E-state index contributed by atoms with van der Waals surface area (Å²) in [5.41, 5.74) is 2.07. The average Bonchev–Trinajstić information content (AvgIpc) is 2.99. The second-order valence-electron chi connectivity index (χ2n) is 4.85. The van der Waals surface area contributed by atoms with E-state index in [1.54, 1.807) is 12.1 Å². The Kier molecular flexibility index (Phi) is 4.91. The van der Waals surface area contributed by atoms with Crippen LogP contribution >= 0.6 is 23.1 Å². The van der Waals surface area contributed by atoms with E-state index >= 15 is 0 Å². The first kappa shape index (κ1) is 17.0. The van der Waals surface area contributed by atoms with Crippen molar-refractivity contribution in [3.8, 4) is 21.7 Å². The van der Waals surface area contributed by atoms with Crippen LogP contribution in [0.3, 0.4) is 0 Å². The van der Waals surface area contributed by atoms with Gasteiger partial charge in [-0.3, -0.25) is 0 Å². The Labute approximate surface area is 144 Å². The van der Waals surface area contributed by atoms with Crippen LogP contribution in [0, 0.1) is 0 Å². The van der Waals surface area contributed by atoms with Crippen molar-refractivity contribution in [3.63, 3.8) is 0 Å². The average molecular weight is 369 g/mol. The Morgan fingerprint density at radius 3 is 1.96 bits per heavy atom. The lowest BCUT2D eigenvalue weighted by atomic mass is 10.1. The van der Waals surface area contributed by atoms with Crippen molar-refractivity contribution in [2.45, 2.75) is 16.0 Å². The third kappa shape index (κ3) is 3.62. The Morgan fingerprint density at radius 1 is 0.875 bits per heavy atom. The number of rotatable bonds is 5. The standard InChI is InChI=1S/C17H11F4NS2/c18-15(19)17(20,21)24-16-22-13(11-7-3-1-4-8-11)14(23-16)12-9-5-2-6-10-12/h1-10,15H. The molecule has 0 fully saturated rings. The number of hydrogen-bond acceptors (Lipinski definition) is 3. The highest BCUT2D eigenvalue weighted by atomic mass is 32.2. The van der Waals surface area contributed by atoms with E-state index in [0.717, 1.165) is 22.5 Å². The third-order valence-corrected chi connectivity index (χ3v) is 5.28. The van der Waals surface area contributed by atoms with Gasteiger partial charge in [-0.2, -0.15) is 8.78 Å². The van der Waals surface area contributed by atoms with Crippen LogP contribution in [0.15, 0.2) is 65.0 Å². The molecule has 1 nitrogen and oxygen atoms in total. The fourth-order valence-corrected chi connectivity index (χ4v) is 4.12. The summed E-state index contributed by atoms with van der Waals surface area (Å²) in [7, 11) is 0. The van der Waals surface area contributed by atoms with Gasteiger partial charge in [0, 0.05) is 5.56 Å². The van der Waals surface area contributed by atoms with Gasteiger partial charge in [-0.1, -0.05) is 60.7 Å². The zero-order chi connectivity index (χ0) is 17.2. The van der Waals surface area contributed by atoms with Gasteiger partial charge in [0.1, 0.15) is 0 Å². The van der Waals surface area contributed by atoms with Gasteiger partial charge in [0.25, 0.3) is 0 Å². The van der Waals surface area contributed by atoms with E-state index in [1.807, 2.05) is 48.5 Å². The van der Waals surface area contributed by atoms with E-state index in [-0.39, 0.29) is 16.1 Å². The molecule has 2 aromatic carbocycles. The molecule has 1 heterocycles. The molecule has 0 spiro atoms. The molecule has 7 heteroatoms. The number of halogens is 4. The van der Waals surface area contributed by atoms with Gasteiger partial charge in [-0.05, 0) is 17.3 Å². The molecule has 0 aliphatic rings. The Morgan fingerprint density at radius 2 is 1.42 bits per heavy atom. The molecule has 1 aromatic heterocycles. The van der Waals surface area contributed by atoms with Gasteiger partial charge in [0.2, 0.25) is 0 Å². The van der Waals surface area contributed by atoms with Crippen molar-refractivity contribution in [2.24, 2.45) is 0 Å². The van der Waals surface area contributed by atoms with Crippen LogP contribution < -0.4 is 0 Å². The van der Waals surface area contributed by atoms with Crippen LogP contribution in [0.2, 0.25) is 0 Å². The number of nitrogens with zero attached hydrogens (tertiary/aromatic N) is 1. The molecular weight excluding hydrogens is 358 g/mol. The molecule has 0 bridgehead atoms. The summed E-state index contributed by atoms with van der Waals surface area (Å²) in [6.07, 6.45) is -3.74. The maximum atomic E-state index is 13.4. The summed E-state index contributed by atoms with van der Waals surface area (Å²) in [5, 5.41) is -4.17. The topological polar surface area (TPSA) is 12.9 Å². The summed E-state index contributed by atoms with van der Waals surface area (Å²) < 4.78 is 51.5. The molecule has 0 saturated carbocycles. The van der Waals surface area contributed by atoms with Gasteiger partial charge in [0.05, 0.1) is 10.6 Å². The zero-order valence-electron chi connectivity index (χ0n) is 12.1. The van der Waals surface area contributed by atoms with Crippen LogP contribution in [0.4, 0.5) is 17.6 Å². The lowest BCUT2D eigenvalue weighted by Gasteiger charge is -2.11. The van der Waals surface area contributed by atoms with Gasteiger partial charge >= 0.3 is 11.7 Å². The predicted molar refractivity (Wildman–Crippen MR) is 89.8 cm³/mol. The predicted octanol–water partition coefficient (Wildman–Crippen LogP) is 6.43. The highest BCUT2D eigenvalue weighted by Gasteiger charge is 2.43. The molecule has 0 atom stereocenters. The van der Waals surface area contributed by atoms with Crippen LogP contribution in [-0.2, 0) is 0 Å². The summed E-state index contributed by atoms with van der Waals surface area (Å²) >= 11 is 0.793. The molecule has 124 valence electrons. The van der Waals surface area contributed by atoms with Crippen LogP contribution in [0.5, 0.6) is 0 Å². The first-order chi connectivity index (χ1) is 11.5. The van der Waals surface area contributed by atoms with Crippen molar-refractivity contribution >= 4 is 23.1 Å². The zero-order valence-corrected chi connectivity index (χ0v) is 13.8. The first-order valence-corrected chi connectivity index (χ1v) is 8.57. The minimum Gasteiger partial charge on any atom is -0.229 e. The Hall–Kier alpha value is -1.86. The van der Waals surface area contributed by atoms with E-state index in [1.165, 1.54) is 0 Å². The maximum absolute atomic E-state index is 13.4. The summed E-state index contributed by atoms with van der Waals surface area (Å²) in [6.45, 7) is 0. The fourth-order valence-electron chi connectivity index (χ4n) is 2.08. The Bertz CT molecular complexity index is 747. The highest BCUT2D eigenvalue weighted by molar-refractivity contribution is 8.02. The van der Waals surface area contributed by atoms with Crippen LogP contribution in [0.25, 0.3) is 21.7 Å². The number of hydrogen-bond donors (Lipinski definition) is 0. The number of thiazole rings is 1. The number of benzene rings is 2. The minimum absolute atomic E-state index is 0.0852. The van der Waals surface area contributed by atoms with Crippen molar-refractivity contribution in [1.82, 2.24) is 4.98 Å². The fraction of sp³-hybridized carbons (Fsp3) is 0.118. The van der Waals surface area contributed by atoms with Crippen LogP contribution in [-0.4, -0.2) is 16.7 Å². The number of alkyl halides is 4. The van der Waals surface area contributed by atoms with Gasteiger partial charge in [0.15, 0.2) is 4.34 Å². The van der Waals surface area contributed by atoms with E-state index in [0.29, 0.717) is 10.6 Å². The summed E-state index contributed by atoms with van der Waals surface area (Å²) in [4.78, 5) is 4.87. The number of aromatic nitrogens is 1. The summed E-state index contributed by atoms with van der Waals surface area (Å²) in [6, 6.07) is 18.2. The molecule has 0 radical (unpaired) electrons. The monoisotopic (exact) mass is 369 g/mol. The van der Waals surface area contributed by atoms with E-state index in [9.17, 15) is 17.6 Å². The van der Waals surface area contributed by atoms with Gasteiger partial charge in [-0.25, -0.2) is 13.8 Å². The molecule has 3 rings (SSSR count). The minimum atomic E-state index is -4.17. The molecule has 0 amide bonds. The number of thioether (sulfide) groups is 1. The van der Waals surface area contributed by atoms with Crippen molar-refractivity contribution in [1.29, 1.82) is 0 Å². The molecule has 24 heavy (non-hydrogen) atoms. The lowest BCUT2D eigenvalue weighted by molar-refractivity contribution is -0.0563. The van der Waals surface area contributed by atoms with Crippen LogP contribution in [0.1, 0.15) is 0 Å². The second-order valence-corrected chi connectivity index (χ2v) is 7.25. The molecule has 0 unspecified atom stereocenters. The van der Waals surface area contributed by atoms with E-state index < -0.39 is 11.7 Å². The molecule has 0 aliphatic heterocycles.